The number of thioether (sulfide) groups is 1. The summed E-state index contributed by atoms with van der Waals surface area (Å²) in [6, 6.07) is 15.8. The van der Waals surface area contributed by atoms with Crippen molar-refractivity contribution in [1.82, 2.24) is 14.9 Å². The van der Waals surface area contributed by atoms with Gasteiger partial charge in [0.1, 0.15) is 10.3 Å². The Kier molecular flexibility index (Phi) is 7.81. The molecular weight excluding hydrogens is 561 g/mol. The molecule has 5 nitrogen and oxygen atoms in total. The quantitative estimate of drug-likeness (QED) is 0.244. The van der Waals surface area contributed by atoms with Crippen LogP contribution in [0.5, 0.6) is 0 Å². The number of allylic oxidation sites excluding steroid dienone is 3. The SMILES string of the molecule is CC1C(c2ccccc2Cl)=CC=CC1(Sc1cc(C2CCN(C)CC2)ccn1)c1nc2cc(CO)cc(Cl)c2o1. The Bertz CT molecular complexity index is 1610. The van der Waals surface area contributed by atoms with E-state index in [2.05, 4.69) is 55.3 Å². The Hall–Kier alpha value is -2.61. The Morgan fingerprint density at radius 3 is 2.67 bits per heavy atom. The molecule has 3 heterocycles. The van der Waals surface area contributed by atoms with Gasteiger partial charge < -0.3 is 14.4 Å². The van der Waals surface area contributed by atoms with E-state index in [0.29, 0.717) is 38.5 Å². The molecule has 0 spiro atoms. The van der Waals surface area contributed by atoms with E-state index in [1.165, 1.54) is 5.56 Å². The highest BCUT2D eigenvalue weighted by molar-refractivity contribution is 8.00. The number of oxazole rings is 1. The molecule has 0 bridgehead atoms. The van der Waals surface area contributed by atoms with Crippen LogP contribution in [-0.2, 0) is 11.4 Å². The van der Waals surface area contributed by atoms with E-state index in [1.807, 2.05) is 30.5 Å². The first-order valence-corrected chi connectivity index (χ1v) is 15.1. The van der Waals surface area contributed by atoms with Crippen LogP contribution < -0.4 is 0 Å². The number of nitrogens with zero attached hydrogens (tertiary/aromatic N) is 3. The number of piperidine rings is 1. The second-order valence-electron chi connectivity index (χ2n) is 10.7. The molecule has 1 N–H and O–H groups in total. The molecule has 6 rings (SSSR count). The van der Waals surface area contributed by atoms with Crippen molar-refractivity contribution < 1.29 is 9.52 Å². The van der Waals surface area contributed by atoms with E-state index < -0.39 is 4.75 Å². The van der Waals surface area contributed by atoms with Crippen LogP contribution in [0.2, 0.25) is 10.0 Å². The third-order valence-electron chi connectivity index (χ3n) is 8.16. The van der Waals surface area contributed by atoms with Gasteiger partial charge in [0.25, 0.3) is 0 Å². The molecule has 1 aliphatic carbocycles. The van der Waals surface area contributed by atoms with Crippen LogP contribution in [-0.4, -0.2) is 40.1 Å². The van der Waals surface area contributed by atoms with Crippen LogP contribution in [0.4, 0.5) is 0 Å². The van der Waals surface area contributed by atoms with Gasteiger partial charge in [0, 0.05) is 17.1 Å². The number of benzene rings is 2. The fourth-order valence-electron chi connectivity index (χ4n) is 5.81. The van der Waals surface area contributed by atoms with E-state index in [9.17, 15) is 5.11 Å². The predicted octanol–water partition coefficient (Wildman–Crippen LogP) is 8.11. The van der Waals surface area contributed by atoms with Crippen LogP contribution in [0.1, 0.15) is 48.3 Å². The Balaban J connectivity index is 1.46. The highest BCUT2D eigenvalue weighted by Gasteiger charge is 2.45. The van der Waals surface area contributed by atoms with Gasteiger partial charge in [-0.25, -0.2) is 9.97 Å². The third-order valence-corrected chi connectivity index (χ3v) is 10.2. The lowest BCUT2D eigenvalue weighted by molar-refractivity contribution is 0.255. The summed E-state index contributed by atoms with van der Waals surface area (Å²) in [5, 5.41) is 11.8. The zero-order chi connectivity index (χ0) is 27.9. The molecule has 0 saturated carbocycles. The smallest absolute Gasteiger partial charge is 0.216 e. The Labute approximate surface area is 248 Å². The van der Waals surface area contributed by atoms with Crippen molar-refractivity contribution in [3.63, 3.8) is 0 Å². The van der Waals surface area contributed by atoms with Gasteiger partial charge in [0.05, 0.1) is 16.7 Å². The number of aliphatic hydroxyl groups is 1. The summed E-state index contributed by atoms with van der Waals surface area (Å²) in [6.07, 6.45) is 10.5. The highest BCUT2D eigenvalue weighted by atomic mass is 35.5. The number of hydrogen-bond donors (Lipinski definition) is 1. The fourth-order valence-corrected chi connectivity index (χ4v) is 7.61. The average Bonchev–Trinajstić information content (AvgIpc) is 3.41. The number of aliphatic hydroxyl groups excluding tert-OH is 1. The van der Waals surface area contributed by atoms with Crippen molar-refractivity contribution in [3.05, 3.63) is 106 Å². The van der Waals surface area contributed by atoms with Crippen LogP contribution in [0.25, 0.3) is 16.7 Å². The standard InChI is InChI=1S/C32H31Cl2N3O2S/c1-20-24(25-6-3-4-8-26(25)33)7-5-12-32(20,31-36-28-17-21(19-38)16-27(34)30(28)39-31)40-29-18-23(9-13-35-29)22-10-14-37(2)15-11-22/h3-9,12-13,16-18,20,22,38H,10-11,14-15,19H2,1-2H3. The van der Waals surface area contributed by atoms with Gasteiger partial charge in [-0.1, -0.05) is 78.3 Å². The summed E-state index contributed by atoms with van der Waals surface area (Å²) in [5.41, 5.74) is 5.22. The molecule has 2 aromatic carbocycles. The molecule has 2 aromatic heterocycles. The largest absolute Gasteiger partial charge is 0.437 e. The van der Waals surface area contributed by atoms with E-state index in [1.54, 1.807) is 17.8 Å². The third kappa shape index (κ3) is 5.12. The molecule has 1 fully saturated rings. The lowest BCUT2D eigenvalue weighted by atomic mass is 9.79. The van der Waals surface area contributed by atoms with Crippen molar-refractivity contribution in [2.24, 2.45) is 5.92 Å². The van der Waals surface area contributed by atoms with Crippen molar-refractivity contribution in [1.29, 1.82) is 0 Å². The maximum Gasteiger partial charge on any atom is 0.216 e. The zero-order valence-corrected chi connectivity index (χ0v) is 24.8. The lowest BCUT2D eigenvalue weighted by Gasteiger charge is -2.37. The molecular formula is C32H31Cl2N3O2S. The molecule has 2 aliphatic rings. The summed E-state index contributed by atoms with van der Waals surface area (Å²) < 4.78 is 5.75. The minimum atomic E-state index is -0.719. The van der Waals surface area contributed by atoms with Crippen molar-refractivity contribution >= 4 is 51.6 Å². The van der Waals surface area contributed by atoms with E-state index in [4.69, 9.17) is 37.6 Å². The second-order valence-corrected chi connectivity index (χ2v) is 12.8. The van der Waals surface area contributed by atoms with Crippen molar-refractivity contribution in [3.8, 4) is 0 Å². The zero-order valence-electron chi connectivity index (χ0n) is 22.5. The highest BCUT2D eigenvalue weighted by Crippen LogP contribution is 2.54. The Morgan fingerprint density at radius 2 is 1.90 bits per heavy atom. The van der Waals surface area contributed by atoms with Crippen molar-refractivity contribution in [2.75, 3.05) is 20.1 Å². The number of halogens is 2. The summed E-state index contributed by atoms with van der Waals surface area (Å²) in [6.45, 7) is 4.26. The first-order valence-electron chi connectivity index (χ1n) is 13.6. The van der Waals surface area contributed by atoms with Gasteiger partial charge in [-0.2, -0.15) is 0 Å². The number of fused-ring (bicyclic) bond motifs is 1. The normalized spacial score (nSPS) is 22.1. The van der Waals surface area contributed by atoms with Crippen molar-refractivity contribution in [2.45, 2.75) is 42.1 Å². The van der Waals surface area contributed by atoms with E-state index in [0.717, 1.165) is 42.1 Å². The van der Waals surface area contributed by atoms with Gasteiger partial charge >= 0.3 is 0 Å². The number of aromatic nitrogens is 2. The maximum absolute atomic E-state index is 9.74. The topological polar surface area (TPSA) is 62.4 Å². The predicted molar refractivity (Wildman–Crippen MR) is 164 cm³/mol. The summed E-state index contributed by atoms with van der Waals surface area (Å²) in [7, 11) is 2.19. The molecule has 1 saturated heterocycles. The maximum atomic E-state index is 9.74. The summed E-state index contributed by atoms with van der Waals surface area (Å²) in [4.78, 5) is 12.2. The number of rotatable bonds is 6. The second kappa shape index (κ2) is 11.3. The summed E-state index contributed by atoms with van der Waals surface area (Å²) in [5.74, 6) is 0.991. The fraction of sp³-hybridized carbons (Fsp3) is 0.312. The monoisotopic (exact) mass is 591 g/mol. The molecule has 4 aromatic rings. The van der Waals surface area contributed by atoms with Crippen LogP contribution in [0.3, 0.4) is 0 Å². The van der Waals surface area contributed by atoms with Crippen LogP contribution >= 0.6 is 35.0 Å². The average molecular weight is 593 g/mol. The van der Waals surface area contributed by atoms with Gasteiger partial charge in [0.2, 0.25) is 5.89 Å². The number of likely N-dealkylation sites (tertiary alicyclic amines) is 1. The molecule has 8 heteroatoms. The first kappa shape index (κ1) is 27.6. The molecule has 0 amide bonds. The molecule has 0 radical (unpaired) electrons. The van der Waals surface area contributed by atoms with E-state index >= 15 is 0 Å². The summed E-state index contributed by atoms with van der Waals surface area (Å²) >= 11 is 14.9. The van der Waals surface area contributed by atoms with Crippen LogP contribution in [0.15, 0.2) is 82.4 Å². The minimum absolute atomic E-state index is 0.0691. The van der Waals surface area contributed by atoms with E-state index in [-0.39, 0.29) is 12.5 Å². The minimum Gasteiger partial charge on any atom is -0.437 e. The first-order chi connectivity index (χ1) is 19.4. The van der Waals surface area contributed by atoms with Crippen LogP contribution in [0, 0.1) is 5.92 Å². The number of pyridine rings is 1. The Morgan fingerprint density at radius 1 is 1.10 bits per heavy atom. The van der Waals surface area contributed by atoms with Gasteiger partial charge in [-0.05, 0) is 91.5 Å². The molecule has 40 heavy (non-hydrogen) atoms. The lowest BCUT2D eigenvalue weighted by Crippen LogP contribution is -2.31. The van der Waals surface area contributed by atoms with Gasteiger partial charge in [0.15, 0.2) is 5.58 Å². The molecule has 2 unspecified atom stereocenters. The molecule has 206 valence electrons. The number of hydrogen-bond acceptors (Lipinski definition) is 6. The van der Waals surface area contributed by atoms with Gasteiger partial charge in [-0.15, -0.1) is 0 Å². The van der Waals surface area contributed by atoms with Gasteiger partial charge in [-0.3, -0.25) is 0 Å². The molecule has 2 atom stereocenters. The molecule has 1 aliphatic heterocycles.